The van der Waals surface area contributed by atoms with Crippen LogP contribution in [0.1, 0.15) is 38.9 Å². The van der Waals surface area contributed by atoms with Crippen LogP contribution >= 0.6 is 0 Å². The van der Waals surface area contributed by atoms with Gasteiger partial charge in [0, 0.05) is 13.7 Å². The minimum absolute atomic E-state index is 0.264. The van der Waals surface area contributed by atoms with E-state index >= 15 is 0 Å². The van der Waals surface area contributed by atoms with E-state index in [1.165, 1.54) is 7.11 Å². The molecular formula is C24H32O10. The lowest BCUT2D eigenvalue weighted by atomic mass is 9.90. The third-order valence-corrected chi connectivity index (χ3v) is 6.28. The van der Waals surface area contributed by atoms with Crippen LogP contribution in [0, 0.1) is 5.92 Å². The lowest BCUT2D eigenvalue weighted by molar-refractivity contribution is -0.344. The van der Waals surface area contributed by atoms with Crippen LogP contribution in [0.5, 0.6) is 0 Å². The Morgan fingerprint density at radius 3 is 2.56 bits per heavy atom. The van der Waals surface area contributed by atoms with Gasteiger partial charge in [0.15, 0.2) is 24.8 Å². The second kappa shape index (κ2) is 10.7. The van der Waals surface area contributed by atoms with Crippen molar-refractivity contribution < 1.29 is 49.2 Å². The number of ether oxygens (including phenoxy) is 7. The molecule has 10 heteroatoms. The van der Waals surface area contributed by atoms with Crippen molar-refractivity contribution in [2.24, 2.45) is 5.92 Å². The highest BCUT2D eigenvalue weighted by Gasteiger charge is 2.52. The van der Waals surface area contributed by atoms with Crippen molar-refractivity contribution in [1.29, 1.82) is 0 Å². The summed E-state index contributed by atoms with van der Waals surface area (Å²) in [4.78, 5) is 25.2. The molecule has 3 fully saturated rings. The highest BCUT2D eigenvalue weighted by Crippen LogP contribution is 2.35. The fourth-order valence-corrected chi connectivity index (χ4v) is 4.42. The lowest BCUT2D eigenvalue weighted by Gasteiger charge is -2.48. The maximum Gasteiger partial charge on any atom is 0.338 e. The van der Waals surface area contributed by atoms with Crippen molar-refractivity contribution in [2.75, 3.05) is 13.7 Å². The standard InChI is InChI=1S/C24H32O10/c1-12-10-16(20-17(30-12)11-29-14(3)31-20)32-24-19(33-22(26)15-8-6-5-7-9-15)13(2)18(25)21(34-24)23(27)28-4/h5-9,12-14,16-21,24-25H,10-11H2,1-4H3/t12-,13-,14?,16+,17?,18-,19?,20+,21?,24+/m0/s1/i10T/t10?,12-,13-,14?,16+,17?,18-,19?,20+,21?,24+. The van der Waals surface area contributed by atoms with Gasteiger partial charge in [0.2, 0.25) is 0 Å². The summed E-state index contributed by atoms with van der Waals surface area (Å²) in [5.74, 6) is -2.18. The number of carbonyl (C=O) groups is 2. The van der Waals surface area contributed by atoms with Gasteiger partial charge in [-0.25, -0.2) is 9.59 Å². The summed E-state index contributed by atoms with van der Waals surface area (Å²) in [6.45, 7) is 5.38. The zero-order valence-corrected chi connectivity index (χ0v) is 19.6. The summed E-state index contributed by atoms with van der Waals surface area (Å²) in [6.07, 6.45) is -8.92. The van der Waals surface area contributed by atoms with E-state index in [0.29, 0.717) is 5.56 Å². The van der Waals surface area contributed by atoms with Crippen LogP contribution < -0.4 is 0 Å². The SMILES string of the molecule is [3H]C1[C@H](C)OC2COC(C)O[C@@H]2[C@@H]1O[C@@H]1OC(C(=O)OC)[C@@H](O)[C@H](C)C1OC(=O)c1ccccc1. The Morgan fingerprint density at radius 1 is 1.12 bits per heavy atom. The predicted octanol–water partition coefficient (Wildman–Crippen LogP) is 1.43. The molecule has 0 saturated carbocycles. The monoisotopic (exact) mass is 482 g/mol. The zero-order chi connectivity index (χ0) is 25.3. The first kappa shape index (κ1) is 23.7. The van der Waals surface area contributed by atoms with Gasteiger partial charge in [-0.15, -0.1) is 0 Å². The molecule has 0 amide bonds. The third kappa shape index (κ3) is 5.27. The summed E-state index contributed by atoms with van der Waals surface area (Å²) >= 11 is 0. The van der Waals surface area contributed by atoms with E-state index in [2.05, 4.69) is 0 Å². The van der Waals surface area contributed by atoms with Gasteiger partial charge >= 0.3 is 11.9 Å². The van der Waals surface area contributed by atoms with Crippen LogP contribution in [-0.2, 0) is 38.0 Å². The minimum atomic E-state index is -1.36. The van der Waals surface area contributed by atoms with Crippen LogP contribution in [0.2, 0.25) is 0 Å². The van der Waals surface area contributed by atoms with Crippen molar-refractivity contribution in [1.82, 2.24) is 0 Å². The number of methoxy groups -OCH3 is 1. The van der Waals surface area contributed by atoms with E-state index in [0.717, 1.165) is 0 Å². The number of hydrogen-bond acceptors (Lipinski definition) is 10. The van der Waals surface area contributed by atoms with E-state index in [1.807, 2.05) is 0 Å². The Hall–Kier alpha value is -2.08. The smallest absolute Gasteiger partial charge is 0.338 e. The largest absolute Gasteiger partial charge is 0.467 e. The first-order valence-corrected chi connectivity index (χ1v) is 11.4. The summed E-state index contributed by atoms with van der Waals surface area (Å²) in [6, 6.07) is 8.37. The van der Waals surface area contributed by atoms with Crippen molar-refractivity contribution in [3.63, 3.8) is 0 Å². The van der Waals surface area contributed by atoms with Crippen molar-refractivity contribution in [3.8, 4) is 0 Å². The highest BCUT2D eigenvalue weighted by molar-refractivity contribution is 5.89. The minimum Gasteiger partial charge on any atom is -0.467 e. The number of aliphatic hydroxyl groups is 1. The molecule has 1 aromatic carbocycles. The molecule has 0 bridgehead atoms. The number of benzene rings is 1. The Labute approximate surface area is 199 Å². The first-order valence-electron chi connectivity index (χ1n) is 12.0. The van der Waals surface area contributed by atoms with E-state index in [-0.39, 0.29) is 6.61 Å². The molecule has 0 radical (unpaired) electrons. The second-order valence-corrected chi connectivity index (χ2v) is 8.71. The number of hydrogen-bond donors (Lipinski definition) is 1. The molecular weight excluding hydrogens is 448 g/mol. The molecule has 188 valence electrons. The van der Waals surface area contributed by atoms with Crippen molar-refractivity contribution in [2.45, 2.75) is 82.5 Å². The van der Waals surface area contributed by atoms with Gasteiger partial charge in [0.05, 0.1) is 37.6 Å². The molecule has 3 aliphatic heterocycles. The average molecular weight is 483 g/mol. The number of aliphatic hydroxyl groups excluding tert-OH is 1. The quantitative estimate of drug-likeness (QED) is 0.617. The Bertz CT molecular complexity index is 884. The fraction of sp³-hybridized carbons (Fsp3) is 0.667. The molecule has 0 spiro atoms. The zero-order valence-electron chi connectivity index (χ0n) is 20.6. The summed E-state index contributed by atoms with van der Waals surface area (Å²) in [5.41, 5.74) is 0.308. The van der Waals surface area contributed by atoms with E-state index < -0.39 is 79.6 Å². The molecule has 1 N–H and O–H groups in total. The average Bonchev–Trinajstić information content (AvgIpc) is 2.86. The lowest BCUT2D eigenvalue weighted by Crippen LogP contribution is -2.62. The van der Waals surface area contributed by atoms with Crippen LogP contribution in [0.4, 0.5) is 0 Å². The summed E-state index contributed by atoms with van der Waals surface area (Å²) < 4.78 is 48.6. The topological polar surface area (TPSA) is 119 Å². The molecule has 3 heterocycles. The molecule has 5 unspecified atom stereocenters. The Morgan fingerprint density at radius 2 is 1.85 bits per heavy atom. The number of carbonyl (C=O) groups excluding carboxylic acids is 2. The van der Waals surface area contributed by atoms with E-state index in [4.69, 9.17) is 34.5 Å². The van der Waals surface area contributed by atoms with Gasteiger partial charge in [-0.2, -0.15) is 0 Å². The van der Waals surface area contributed by atoms with Gasteiger partial charge in [-0.05, 0) is 26.0 Å². The van der Waals surface area contributed by atoms with E-state index in [1.54, 1.807) is 51.1 Å². The van der Waals surface area contributed by atoms with Crippen LogP contribution in [-0.4, -0.2) is 86.1 Å². The number of rotatable bonds is 5. The predicted molar refractivity (Wildman–Crippen MR) is 116 cm³/mol. The maximum atomic E-state index is 12.9. The third-order valence-electron chi connectivity index (χ3n) is 6.28. The maximum absolute atomic E-state index is 12.9. The van der Waals surface area contributed by atoms with Crippen molar-refractivity contribution in [3.05, 3.63) is 35.9 Å². The first-order chi connectivity index (χ1) is 16.7. The van der Waals surface area contributed by atoms with E-state index in [9.17, 15) is 14.7 Å². The van der Waals surface area contributed by atoms with Crippen molar-refractivity contribution >= 4 is 11.9 Å². The summed E-state index contributed by atoms with van der Waals surface area (Å²) in [5, 5.41) is 10.8. The molecule has 1 aromatic rings. The molecule has 0 aliphatic carbocycles. The molecule has 10 nitrogen and oxygen atoms in total. The van der Waals surface area contributed by atoms with Gasteiger partial charge in [0.1, 0.15) is 12.2 Å². The number of fused-ring (bicyclic) bond motifs is 1. The molecule has 34 heavy (non-hydrogen) atoms. The Kier molecular flexibility index (Phi) is 7.43. The Balaban J connectivity index is 1.61. The highest BCUT2D eigenvalue weighted by atomic mass is 16.8. The number of esters is 2. The summed E-state index contributed by atoms with van der Waals surface area (Å²) in [7, 11) is 1.18. The molecule has 3 aliphatic rings. The van der Waals surface area contributed by atoms with Crippen LogP contribution in [0.25, 0.3) is 0 Å². The van der Waals surface area contributed by atoms with Gasteiger partial charge in [-0.1, -0.05) is 25.1 Å². The molecule has 11 atom stereocenters. The van der Waals surface area contributed by atoms with Gasteiger partial charge < -0.3 is 38.3 Å². The molecule has 0 aromatic heterocycles. The molecule has 3 saturated heterocycles. The van der Waals surface area contributed by atoms with Crippen LogP contribution in [0.15, 0.2) is 30.3 Å². The normalized spacial score (nSPS) is 42.7. The molecule has 4 rings (SSSR count). The second-order valence-electron chi connectivity index (χ2n) is 8.71. The van der Waals surface area contributed by atoms with Gasteiger partial charge in [0.25, 0.3) is 0 Å². The fourth-order valence-electron chi connectivity index (χ4n) is 4.42. The van der Waals surface area contributed by atoms with Gasteiger partial charge in [-0.3, -0.25) is 0 Å². The van der Waals surface area contributed by atoms with Crippen LogP contribution in [0.3, 0.4) is 0 Å².